The smallest absolute Gasteiger partial charge is 0.305 e. The Hall–Kier alpha value is -2.08. The van der Waals surface area contributed by atoms with Gasteiger partial charge in [-0.2, -0.15) is 0 Å². The third-order valence-electron chi connectivity index (χ3n) is 4.65. The molecule has 144 valence electrons. The van der Waals surface area contributed by atoms with Crippen molar-refractivity contribution in [2.75, 3.05) is 26.7 Å². The van der Waals surface area contributed by atoms with E-state index in [4.69, 9.17) is 4.74 Å². The summed E-state index contributed by atoms with van der Waals surface area (Å²) in [6.07, 6.45) is 2.26. The van der Waals surface area contributed by atoms with E-state index in [-0.39, 0.29) is 5.97 Å². The fourth-order valence-corrected chi connectivity index (χ4v) is 3.30. The molecule has 6 heteroatoms. The zero-order chi connectivity index (χ0) is 18.8. The van der Waals surface area contributed by atoms with Crippen LogP contribution in [0.15, 0.2) is 35.3 Å². The first-order valence-electron chi connectivity index (χ1n) is 9.53. The van der Waals surface area contributed by atoms with Crippen LogP contribution < -0.4 is 10.6 Å². The standard InChI is InChI=1S/C20H32N4O2/c1-4-26-19(25)11-8-12-22-20(21-3)23-18-13-16(2)24(15-18)14-17-9-6-5-7-10-17/h5-7,9-10,16,18H,4,8,11-15H2,1-3H3,(H2,21,22,23). The lowest BCUT2D eigenvalue weighted by atomic mass is 10.2. The molecule has 1 aliphatic heterocycles. The number of nitrogens with one attached hydrogen (secondary N) is 2. The highest BCUT2D eigenvalue weighted by atomic mass is 16.5. The quantitative estimate of drug-likeness (QED) is 0.322. The number of aliphatic imine (C=N–C) groups is 1. The van der Waals surface area contributed by atoms with Crippen molar-refractivity contribution in [3.05, 3.63) is 35.9 Å². The van der Waals surface area contributed by atoms with Crippen LogP contribution in [-0.2, 0) is 16.1 Å². The normalized spacial score (nSPS) is 20.8. The molecule has 0 aromatic heterocycles. The molecule has 0 aliphatic carbocycles. The monoisotopic (exact) mass is 360 g/mol. The van der Waals surface area contributed by atoms with Crippen LogP contribution in [0.5, 0.6) is 0 Å². The predicted molar refractivity (Wildman–Crippen MR) is 105 cm³/mol. The van der Waals surface area contributed by atoms with E-state index in [9.17, 15) is 4.79 Å². The third-order valence-corrected chi connectivity index (χ3v) is 4.65. The minimum atomic E-state index is -0.140. The average molecular weight is 361 g/mol. The number of benzene rings is 1. The molecule has 1 aromatic rings. The van der Waals surface area contributed by atoms with Gasteiger partial charge in [0.1, 0.15) is 0 Å². The molecule has 1 saturated heterocycles. The molecule has 1 fully saturated rings. The summed E-state index contributed by atoms with van der Waals surface area (Å²) in [6, 6.07) is 11.5. The van der Waals surface area contributed by atoms with Crippen LogP contribution in [0.4, 0.5) is 0 Å². The average Bonchev–Trinajstić information content (AvgIpc) is 2.98. The van der Waals surface area contributed by atoms with Gasteiger partial charge in [-0.05, 0) is 32.3 Å². The number of carbonyl (C=O) groups is 1. The minimum Gasteiger partial charge on any atom is -0.466 e. The van der Waals surface area contributed by atoms with Crippen LogP contribution in [0.1, 0.15) is 38.7 Å². The van der Waals surface area contributed by atoms with Crippen LogP contribution in [0.3, 0.4) is 0 Å². The highest BCUT2D eigenvalue weighted by Crippen LogP contribution is 2.20. The van der Waals surface area contributed by atoms with E-state index in [1.165, 1.54) is 5.56 Å². The summed E-state index contributed by atoms with van der Waals surface area (Å²) >= 11 is 0. The van der Waals surface area contributed by atoms with Crippen LogP contribution in [0.25, 0.3) is 0 Å². The Balaban J connectivity index is 1.72. The van der Waals surface area contributed by atoms with Gasteiger partial charge in [0.15, 0.2) is 5.96 Å². The lowest BCUT2D eigenvalue weighted by molar-refractivity contribution is -0.143. The lowest BCUT2D eigenvalue weighted by Crippen LogP contribution is -2.44. The van der Waals surface area contributed by atoms with Gasteiger partial charge >= 0.3 is 5.97 Å². The molecule has 0 spiro atoms. The third kappa shape index (κ3) is 6.67. The largest absolute Gasteiger partial charge is 0.466 e. The van der Waals surface area contributed by atoms with E-state index in [0.717, 1.165) is 31.9 Å². The van der Waals surface area contributed by atoms with E-state index in [1.807, 2.05) is 6.92 Å². The van der Waals surface area contributed by atoms with Crippen LogP contribution in [-0.4, -0.2) is 55.7 Å². The summed E-state index contributed by atoms with van der Waals surface area (Å²) in [5.41, 5.74) is 1.35. The molecule has 2 atom stereocenters. The fraction of sp³-hybridized carbons (Fsp3) is 0.600. The Kier molecular flexibility index (Phi) is 8.41. The predicted octanol–water partition coefficient (Wildman–Crippen LogP) is 2.16. The van der Waals surface area contributed by atoms with Gasteiger partial charge in [-0.25, -0.2) is 0 Å². The molecule has 1 aromatic carbocycles. The molecule has 6 nitrogen and oxygen atoms in total. The summed E-state index contributed by atoms with van der Waals surface area (Å²) in [5.74, 6) is 0.658. The summed E-state index contributed by atoms with van der Waals surface area (Å²) in [6.45, 7) is 7.22. The van der Waals surface area contributed by atoms with Crippen molar-refractivity contribution in [2.24, 2.45) is 4.99 Å². The Morgan fingerprint density at radius 2 is 2.12 bits per heavy atom. The molecular formula is C20H32N4O2. The number of guanidine groups is 1. The molecule has 26 heavy (non-hydrogen) atoms. The van der Waals surface area contributed by atoms with Gasteiger partial charge in [0, 0.05) is 45.2 Å². The highest BCUT2D eigenvalue weighted by molar-refractivity contribution is 5.80. The molecule has 1 aliphatic rings. The van der Waals surface area contributed by atoms with E-state index in [2.05, 4.69) is 57.8 Å². The van der Waals surface area contributed by atoms with E-state index >= 15 is 0 Å². The molecule has 2 unspecified atom stereocenters. The Bertz CT molecular complexity index is 576. The second-order valence-electron chi connectivity index (χ2n) is 6.75. The van der Waals surface area contributed by atoms with Crippen LogP contribution in [0.2, 0.25) is 0 Å². The second-order valence-corrected chi connectivity index (χ2v) is 6.75. The minimum absolute atomic E-state index is 0.140. The Morgan fingerprint density at radius 3 is 2.81 bits per heavy atom. The van der Waals surface area contributed by atoms with Gasteiger partial charge in [-0.3, -0.25) is 14.7 Å². The molecule has 0 amide bonds. The first kappa shape index (κ1) is 20.2. The maximum Gasteiger partial charge on any atom is 0.305 e. The summed E-state index contributed by atoms with van der Waals surface area (Å²) < 4.78 is 4.94. The lowest BCUT2D eigenvalue weighted by Gasteiger charge is -2.21. The van der Waals surface area contributed by atoms with Crippen molar-refractivity contribution in [3.8, 4) is 0 Å². The van der Waals surface area contributed by atoms with E-state index < -0.39 is 0 Å². The topological polar surface area (TPSA) is 66.0 Å². The van der Waals surface area contributed by atoms with Gasteiger partial charge in [-0.15, -0.1) is 0 Å². The number of hydrogen-bond acceptors (Lipinski definition) is 4. The maximum atomic E-state index is 11.4. The molecule has 0 bridgehead atoms. The zero-order valence-electron chi connectivity index (χ0n) is 16.2. The van der Waals surface area contributed by atoms with Gasteiger partial charge in [0.2, 0.25) is 0 Å². The number of carbonyl (C=O) groups excluding carboxylic acids is 1. The zero-order valence-corrected chi connectivity index (χ0v) is 16.2. The number of nitrogens with zero attached hydrogens (tertiary/aromatic N) is 2. The highest BCUT2D eigenvalue weighted by Gasteiger charge is 2.29. The number of ether oxygens (including phenoxy) is 1. The summed E-state index contributed by atoms with van der Waals surface area (Å²) in [7, 11) is 1.78. The van der Waals surface area contributed by atoms with Gasteiger partial charge in [0.25, 0.3) is 0 Å². The van der Waals surface area contributed by atoms with Crippen molar-refractivity contribution < 1.29 is 9.53 Å². The van der Waals surface area contributed by atoms with Crippen LogP contribution in [0, 0.1) is 0 Å². The SMILES string of the molecule is CCOC(=O)CCCNC(=NC)NC1CC(C)N(Cc2ccccc2)C1. The number of hydrogen-bond donors (Lipinski definition) is 2. The van der Waals surface area contributed by atoms with E-state index in [1.54, 1.807) is 7.05 Å². The summed E-state index contributed by atoms with van der Waals surface area (Å²) in [4.78, 5) is 18.2. The Labute approximate surface area is 157 Å². The van der Waals surface area contributed by atoms with Crippen molar-refractivity contribution in [1.82, 2.24) is 15.5 Å². The maximum absolute atomic E-state index is 11.4. The second kappa shape index (κ2) is 10.8. The number of rotatable bonds is 8. The molecule has 0 radical (unpaired) electrons. The van der Waals surface area contributed by atoms with Gasteiger partial charge < -0.3 is 15.4 Å². The molecular weight excluding hydrogens is 328 g/mol. The van der Waals surface area contributed by atoms with Gasteiger partial charge in [0.05, 0.1) is 6.61 Å². The molecule has 2 N–H and O–H groups in total. The first-order chi connectivity index (χ1) is 12.6. The molecule has 1 heterocycles. The van der Waals surface area contributed by atoms with Gasteiger partial charge in [-0.1, -0.05) is 30.3 Å². The van der Waals surface area contributed by atoms with Crippen molar-refractivity contribution >= 4 is 11.9 Å². The fourth-order valence-electron chi connectivity index (χ4n) is 3.30. The van der Waals surface area contributed by atoms with Crippen molar-refractivity contribution in [3.63, 3.8) is 0 Å². The Morgan fingerprint density at radius 1 is 1.35 bits per heavy atom. The van der Waals surface area contributed by atoms with E-state index in [0.29, 0.717) is 31.7 Å². The number of esters is 1. The van der Waals surface area contributed by atoms with Crippen molar-refractivity contribution in [1.29, 1.82) is 0 Å². The summed E-state index contributed by atoms with van der Waals surface area (Å²) in [5, 5.41) is 6.79. The van der Waals surface area contributed by atoms with Crippen molar-refractivity contribution in [2.45, 2.75) is 51.7 Å². The number of likely N-dealkylation sites (tertiary alicyclic amines) is 1. The van der Waals surface area contributed by atoms with Crippen LogP contribution >= 0.6 is 0 Å². The first-order valence-corrected chi connectivity index (χ1v) is 9.53. The molecule has 2 rings (SSSR count). The molecule has 0 saturated carbocycles.